The molecule has 2 rings (SSSR count). The van der Waals surface area contributed by atoms with Crippen LogP contribution in [0.15, 0.2) is 0 Å². The summed E-state index contributed by atoms with van der Waals surface area (Å²) in [7, 11) is -5.49. The molecule has 7 nitrogen and oxygen atoms in total. The van der Waals surface area contributed by atoms with Gasteiger partial charge < -0.3 is 9.16 Å². The zero-order valence-electron chi connectivity index (χ0n) is 18.8. The van der Waals surface area contributed by atoms with E-state index in [1.54, 1.807) is 4.90 Å². The fourth-order valence-electron chi connectivity index (χ4n) is 3.45. The molecule has 1 heterocycles. The van der Waals surface area contributed by atoms with Crippen LogP contribution in [-0.2, 0) is 23.5 Å². The Hall–Kier alpha value is -0.643. The fourth-order valence-corrected chi connectivity index (χ4v) is 4.94. The van der Waals surface area contributed by atoms with Crippen molar-refractivity contribution in [3.8, 4) is 0 Å². The molecule has 164 valence electrons. The van der Waals surface area contributed by atoms with Gasteiger partial charge in [-0.15, -0.1) is 0 Å². The number of likely N-dealkylation sites (tertiary alicyclic amines) is 1. The van der Waals surface area contributed by atoms with Crippen molar-refractivity contribution in [2.75, 3.05) is 19.5 Å². The normalized spacial score (nSPS) is 28.2. The number of rotatable bonds is 6. The maximum atomic E-state index is 12.9. The summed E-state index contributed by atoms with van der Waals surface area (Å²) in [4.78, 5) is 14.6. The monoisotopic (exact) mass is 435 g/mol. The van der Waals surface area contributed by atoms with Gasteiger partial charge in [0.25, 0.3) is 10.1 Å². The molecule has 1 saturated heterocycles. The molecular formula is C19H37NO6SSi. The fraction of sp³-hybridized carbons (Fsp3) is 0.947. The lowest BCUT2D eigenvalue weighted by atomic mass is 10.0. The van der Waals surface area contributed by atoms with E-state index in [0.717, 1.165) is 12.7 Å². The molecule has 0 radical (unpaired) electrons. The molecular weight excluding hydrogens is 398 g/mol. The smallest absolute Gasteiger partial charge is 0.410 e. The number of nitrogens with zero attached hydrogens (tertiary/aromatic N) is 1. The van der Waals surface area contributed by atoms with Crippen molar-refractivity contribution >= 4 is 24.5 Å². The summed E-state index contributed by atoms with van der Waals surface area (Å²) in [6, 6.07) is -0.192. The SMILES string of the molecule is CC(C)(C)OC(=O)N1[C@H](CO[Si](C)(C)C(C)(C)C)C[C@@]2(COS(C)(=O)=O)C[C@@H]12. The third-order valence-corrected chi connectivity index (χ3v) is 11.2. The van der Waals surface area contributed by atoms with Crippen molar-refractivity contribution in [1.82, 2.24) is 4.90 Å². The number of hydrogen-bond acceptors (Lipinski definition) is 6. The lowest BCUT2D eigenvalue weighted by Crippen LogP contribution is -2.48. The summed E-state index contributed by atoms with van der Waals surface area (Å²) >= 11 is 0. The van der Waals surface area contributed by atoms with E-state index in [-0.39, 0.29) is 35.2 Å². The van der Waals surface area contributed by atoms with E-state index < -0.39 is 24.0 Å². The highest BCUT2D eigenvalue weighted by Crippen LogP contribution is 2.60. The van der Waals surface area contributed by atoms with Crippen molar-refractivity contribution in [2.45, 2.75) is 90.2 Å². The van der Waals surface area contributed by atoms with Crippen molar-refractivity contribution < 1.29 is 26.6 Å². The van der Waals surface area contributed by atoms with Gasteiger partial charge in [-0.1, -0.05) is 20.8 Å². The standard InChI is InChI=1S/C19H37NO6SSi/c1-17(2,3)26-16(21)20-14(12-25-28(8,9)18(4,5)6)10-19(11-15(19)20)13-24-27(7,22)23/h14-15H,10-13H2,1-9H3/t14-,15+,19-/m0/s1. The van der Waals surface area contributed by atoms with Gasteiger partial charge in [0.2, 0.25) is 0 Å². The van der Waals surface area contributed by atoms with Gasteiger partial charge in [-0.25, -0.2) is 4.79 Å². The van der Waals surface area contributed by atoms with Crippen molar-refractivity contribution in [2.24, 2.45) is 5.41 Å². The summed E-state index contributed by atoms with van der Waals surface area (Å²) in [6.07, 6.45) is 2.10. The summed E-state index contributed by atoms with van der Waals surface area (Å²) in [6.45, 7) is 17.0. The highest BCUT2D eigenvalue weighted by Gasteiger charge is 2.67. The van der Waals surface area contributed by atoms with Gasteiger partial charge in [0.15, 0.2) is 8.32 Å². The van der Waals surface area contributed by atoms with E-state index in [1.807, 2.05) is 20.8 Å². The van der Waals surface area contributed by atoms with Gasteiger partial charge in [0, 0.05) is 11.5 Å². The van der Waals surface area contributed by atoms with Gasteiger partial charge in [0.05, 0.1) is 25.5 Å². The molecule has 2 fully saturated rings. The second-order valence-corrected chi connectivity index (χ2v) is 17.3. The molecule has 1 aliphatic heterocycles. The van der Waals surface area contributed by atoms with E-state index in [2.05, 4.69) is 33.9 Å². The first-order valence-electron chi connectivity index (χ1n) is 9.87. The number of fused-ring (bicyclic) bond motifs is 1. The molecule has 28 heavy (non-hydrogen) atoms. The third kappa shape index (κ3) is 5.49. The van der Waals surface area contributed by atoms with E-state index in [9.17, 15) is 13.2 Å². The minimum absolute atomic E-state index is 0.0582. The van der Waals surface area contributed by atoms with Crippen LogP contribution in [-0.4, -0.2) is 64.9 Å². The molecule has 0 N–H and O–H groups in total. The number of carbonyl (C=O) groups excluding carboxylic acids is 1. The van der Waals surface area contributed by atoms with Crippen LogP contribution in [0.1, 0.15) is 54.4 Å². The first kappa shape index (κ1) is 23.6. The van der Waals surface area contributed by atoms with Crippen molar-refractivity contribution in [1.29, 1.82) is 0 Å². The number of carbonyl (C=O) groups is 1. The zero-order chi connectivity index (χ0) is 21.8. The molecule has 0 aromatic rings. The van der Waals surface area contributed by atoms with E-state index in [4.69, 9.17) is 13.3 Å². The van der Waals surface area contributed by atoms with Gasteiger partial charge >= 0.3 is 6.09 Å². The molecule has 9 heteroatoms. The molecule has 0 unspecified atom stereocenters. The van der Waals surface area contributed by atoms with Crippen LogP contribution in [0, 0.1) is 5.41 Å². The van der Waals surface area contributed by atoms with Crippen LogP contribution >= 0.6 is 0 Å². The van der Waals surface area contributed by atoms with Crippen molar-refractivity contribution in [3.63, 3.8) is 0 Å². The summed E-state index contributed by atoms with van der Waals surface area (Å²) in [5.74, 6) is 0. The Morgan fingerprint density at radius 2 is 1.71 bits per heavy atom. The van der Waals surface area contributed by atoms with Crippen LogP contribution in [0.2, 0.25) is 18.1 Å². The predicted molar refractivity (Wildman–Crippen MR) is 111 cm³/mol. The van der Waals surface area contributed by atoms with Crippen LogP contribution in [0.3, 0.4) is 0 Å². The lowest BCUT2D eigenvalue weighted by molar-refractivity contribution is 0.0133. The van der Waals surface area contributed by atoms with Gasteiger partial charge in [0.1, 0.15) is 5.60 Å². The molecule has 2 aliphatic rings. The van der Waals surface area contributed by atoms with Gasteiger partial charge in [-0.05, 0) is 51.7 Å². The van der Waals surface area contributed by atoms with Gasteiger partial charge in [-0.2, -0.15) is 8.42 Å². The molecule has 0 bridgehead atoms. The van der Waals surface area contributed by atoms with Crippen LogP contribution < -0.4 is 0 Å². The maximum absolute atomic E-state index is 12.9. The Bertz CT molecular complexity index is 709. The molecule has 3 atom stereocenters. The average molecular weight is 436 g/mol. The second-order valence-electron chi connectivity index (χ2n) is 10.9. The molecule has 0 spiro atoms. The Morgan fingerprint density at radius 3 is 2.18 bits per heavy atom. The minimum atomic E-state index is -3.52. The maximum Gasteiger partial charge on any atom is 0.410 e. The largest absolute Gasteiger partial charge is 0.444 e. The van der Waals surface area contributed by atoms with E-state index in [1.165, 1.54) is 0 Å². The van der Waals surface area contributed by atoms with E-state index >= 15 is 0 Å². The molecule has 1 amide bonds. The first-order chi connectivity index (χ1) is 12.4. The second kappa shape index (κ2) is 7.25. The highest BCUT2D eigenvalue weighted by atomic mass is 32.2. The Labute approximate surface area is 171 Å². The van der Waals surface area contributed by atoms with Crippen molar-refractivity contribution in [3.05, 3.63) is 0 Å². The Kier molecular flexibility index (Phi) is 6.12. The van der Waals surface area contributed by atoms with E-state index in [0.29, 0.717) is 13.0 Å². The van der Waals surface area contributed by atoms with Gasteiger partial charge in [-0.3, -0.25) is 9.08 Å². The van der Waals surface area contributed by atoms with Crippen LogP contribution in [0.4, 0.5) is 4.79 Å². The van der Waals surface area contributed by atoms with Crippen LogP contribution in [0.5, 0.6) is 0 Å². The zero-order valence-corrected chi connectivity index (χ0v) is 20.6. The lowest BCUT2D eigenvalue weighted by Gasteiger charge is -2.38. The predicted octanol–water partition coefficient (Wildman–Crippen LogP) is 3.75. The Balaban J connectivity index is 2.15. The molecule has 1 aliphatic carbocycles. The molecule has 0 aromatic carbocycles. The van der Waals surface area contributed by atoms with Crippen LogP contribution in [0.25, 0.3) is 0 Å². The topological polar surface area (TPSA) is 82.1 Å². The Morgan fingerprint density at radius 1 is 1.14 bits per heavy atom. The highest BCUT2D eigenvalue weighted by molar-refractivity contribution is 7.85. The third-order valence-electron chi connectivity index (χ3n) is 6.13. The number of piperidine rings is 1. The number of ether oxygens (including phenoxy) is 1. The average Bonchev–Trinajstić information content (AvgIpc) is 3.05. The number of amides is 1. The number of hydrogen-bond donors (Lipinski definition) is 0. The summed E-state index contributed by atoms with van der Waals surface area (Å²) in [5, 5.41) is 0.0718. The summed E-state index contributed by atoms with van der Waals surface area (Å²) in [5.41, 5.74) is -0.910. The quantitative estimate of drug-likeness (QED) is 0.467. The molecule has 1 saturated carbocycles. The summed E-state index contributed by atoms with van der Waals surface area (Å²) < 4.78 is 40.0. The first-order valence-corrected chi connectivity index (χ1v) is 14.6. The molecule has 0 aromatic heterocycles. The minimum Gasteiger partial charge on any atom is -0.444 e.